The first-order valence-electron chi connectivity index (χ1n) is 7.52. The molecule has 0 fully saturated rings. The number of hydrogen-bond acceptors (Lipinski definition) is 5. The van der Waals surface area contributed by atoms with Gasteiger partial charge in [0.25, 0.3) is 0 Å². The van der Waals surface area contributed by atoms with Crippen molar-refractivity contribution in [1.82, 2.24) is 9.97 Å². The molecule has 0 aliphatic heterocycles. The van der Waals surface area contributed by atoms with E-state index in [1.165, 1.54) is 10.4 Å². The summed E-state index contributed by atoms with van der Waals surface area (Å²) in [6, 6.07) is 7.84. The number of aromatic nitrogens is 2. The number of para-hydroxylation sites is 2. The molecule has 0 amide bonds. The van der Waals surface area contributed by atoms with Gasteiger partial charge in [0, 0.05) is 4.88 Å². The molecular formula is C17H18ClN3OS. The van der Waals surface area contributed by atoms with Crippen LogP contribution in [0.5, 0.6) is 5.75 Å². The largest absolute Gasteiger partial charge is 0.491 e. The summed E-state index contributed by atoms with van der Waals surface area (Å²) in [4.78, 5) is 10.8. The summed E-state index contributed by atoms with van der Waals surface area (Å²) in [6.45, 7) is 6.92. The van der Waals surface area contributed by atoms with Crippen molar-refractivity contribution in [3.8, 4) is 5.75 Å². The zero-order chi connectivity index (χ0) is 16.4. The van der Waals surface area contributed by atoms with Crippen LogP contribution in [-0.2, 0) is 0 Å². The molecule has 0 aliphatic carbocycles. The van der Waals surface area contributed by atoms with Gasteiger partial charge in [-0.1, -0.05) is 19.1 Å². The van der Waals surface area contributed by atoms with Crippen LogP contribution in [0.1, 0.15) is 23.8 Å². The van der Waals surface area contributed by atoms with E-state index in [0.717, 1.165) is 33.9 Å². The monoisotopic (exact) mass is 347 g/mol. The van der Waals surface area contributed by atoms with Gasteiger partial charge in [0.05, 0.1) is 17.7 Å². The maximum atomic E-state index is 6.09. The molecule has 0 saturated carbocycles. The average Bonchev–Trinajstić information content (AvgIpc) is 2.81. The number of halogens is 1. The highest BCUT2D eigenvalue weighted by Crippen LogP contribution is 2.36. The molecule has 4 nitrogen and oxygen atoms in total. The Morgan fingerprint density at radius 1 is 1.22 bits per heavy atom. The molecule has 2 aromatic heterocycles. The molecule has 0 radical (unpaired) electrons. The molecule has 6 heteroatoms. The van der Waals surface area contributed by atoms with Crippen molar-refractivity contribution in [3.05, 3.63) is 40.0 Å². The quantitative estimate of drug-likeness (QED) is 0.619. The van der Waals surface area contributed by atoms with E-state index >= 15 is 0 Å². The van der Waals surface area contributed by atoms with Crippen molar-refractivity contribution in [2.24, 2.45) is 0 Å². The first-order valence-corrected chi connectivity index (χ1v) is 8.71. The van der Waals surface area contributed by atoms with E-state index in [1.807, 2.05) is 24.3 Å². The molecule has 3 aromatic rings. The number of benzene rings is 1. The van der Waals surface area contributed by atoms with Crippen molar-refractivity contribution in [2.75, 3.05) is 11.9 Å². The highest BCUT2D eigenvalue weighted by atomic mass is 35.5. The zero-order valence-corrected chi connectivity index (χ0v) is 14.9. The van der Waals surface area contributed by atoms with Gasteiger partial charge in [-0.25, -0.2) is 4.98 Å². The second-order valence-corrected chi connectivity index (χ2v) is 6.82. The van der Waals surface area contributed by atoms with Crippen LogP contribution in [0.25, 0.3) is 10.2 Å². The molecule has 0 aliphatic rings. The van der Waals surface area contributed by atoms with Gasteiger partial charge in [-0.05, 0) is 49.6 Å². The molecule has 0 spiro atoms. The van der Waals surface area contributed by atoms with Crippen LogP contribution in [0.4, 0.5) is 11.5 Å². The molecule has 120 valence electrons. The average molecular weight is 348 g/mol. The minimum Gasteiger partial charge on any atom is -0.491 e. The maximum absolute atomic E-state index is 6.09. The molecule has 0 bridgehead atoms. The summed E-state index contributed by atoms with van der Waals surface area (Å²) in [5.74, 6) is 1.52. The summed E-state index contributed by atoms with van der Waals surface area (Å²) in [5.41, 5.74) is 2.05. The molecule has 23 heavy (non-hydrogen) atoms. The Bertz CT molecular complexity index is 847. The lowest BCUT2D eigenvalue weighted by Gasteiger charge is -2.13. The van der Waals surface area contributed by atoms with Crippen molar-refractivity contribution in [1.29, 1.82) is 0 Å². The summed E-state index contributed by atoms with van der Waals surface area (Å²) in [7, 11) is 0. The number of thiophene rings is 1. The fourth-order valence-electron chi connectivity index (χ4n) is 2.35. The molecular weight excluding hydrogens is 330 g/mol. The van der Waals surface area contributed by atoms with Crippen molar-refractivity contribution >= 4 is 44.7 Å². The molecule has 0 unspecified atom stereocenters. The normalized spacial score (nSPS) is 11.0. The van der Waals surface area contributed by atoms with Crippen LogP contribution in [0.2, 0.25) is 5.28 Å². The van der Waals surface area contributed by atoms with Gasteiger partial charge < -0.3 is 10.1 Å². The predicted molar refractivity (Wildman–Crippen MR) is 97.4 cm³/mol. The summed E-state index contributed by atoms with van der Waals surface area (Å²) in [5, 5.41) is 4.63. The Labute approximate surface area is 144 Å². The molecule has 1 N–H and O–H groups in total. The Hall–Kier alpha value is -1.85. The van der Waals surface area contributed by atoms with E-state index < -0.39 is 0 Å². The third kappa shape index (κ3) is 3.26. The fraction of sp³-hybridized carbons (Fsp3) is 0.294. The van der Waals surface area contributed by atoms with Crippen LogP contribution in [0.15, 0.2) is 24.3 Å². The molecule has 1 aromatic carbocycles. The first-order chi connectivity index (χ1) is 11.1. The standard InChI is InChI=1S/C17H18ClN3OS/c1-4-9-22-13-8-6-5-7-12(13)19-15-14-10(2)11(3)23-16(14)21-17(18)20-15/h5-8H,4,9H2,1-3H3,(H,19,20,21). The van der Waals surface area contributed by atoms with Crippen LogP contribution < -0.4 is 10.1 Å². The van der Waals surface area contributed by atoms with Crippen molar-refractivity contribution in [3.63, 3.8) is 0 Å². The number of hydrogen-bond donors (Lipinski definition) is 1. The third-order valence-electron chi connectivity index (χ3n) is 3.60. The summed E-state index contributed by atoms with van der Waals surface area (Å²) >= 11 is 7.72. The minimum absolute atomic E-state index is 0.244. The van der Waals surface area contributed by atoms with Gasteiger partial charge in [-0.15, -0.1) is 11.3 Å². The number of fused-ring (bicyclic) bond motifs is 1. The Morgan fingerprint density at radius 2 is 2.00 bits per heavy atom. The van der Waals surface area contributed by atoms with Gasteiger partial charge in [0.1, 0.15) is 16.4 Å². The van der Waals surface area contributed by atoms with E-state index in [4.69, 9.17) is 16.3 Å². The molecule has 2 heterocycles. The van der Waals surface area contributed by atoms with E-state index in [9.17, 15) is 0 Å². The highest BCUT2D eigenvalue weighted by molar-refractivity contribution is 7.18. The van der Waals surface area contributed by atoms with Gasteiger partial charge in [-0.3, -0.25) is 0 Å². The van der Waals surface area contributed by atoms with Crippen molar-refractivity contribution < 1.29 is 4.74 Å². The summed E-state index contributed by atoms with van der Waals surface area (Å²) in [6.07, 6.45) is 0.959. The number of ether oxygens (including phenoxy) is 1. The lowest BCUT2D eigenvalue weighted by molar-refractivity contribution is 0.319. The number of nitrogens with one attached hydrogen (secondary N) is 1. The van der Waals surface area contributed by atoms with E-state index in [0.29, 0.717) is 6.61 Å². The van der Waals surface area contributed by atoms with Gasteiger partial charge >= 0.3 is 0 Å². The Morgan fingerprint density at radius 3 is 2.78 bits per heavy atom. The van der Waals surface area contributed by atoms with Crippen LogP contribution in [0, 0.1) is 13.8 Å². The SMILES string of the molecule is CCCOc1ccccc1Nc1nc(Cl)nc2sc(C)c(C)c12. The lowest BCUT2D eigenvalue weighted by atomic mass is 10.2. The molecule has 0 atom stereocenters. The van der Waals surface area contributed by atoms with Crippen LogP contribution in [-0.4, -0.2) is 16.6 Å². The predicted octanol–water partition coefficient (Wildman–Crippen LogP) is 5.49. The lowest BCUT2D eigenvalue weighted by Crippen LogP contribution is -2.01. The maximum Gasteiger partial charge on any atom is 0.225 e. The van der Waals surface area contributed by atoms with Crippen molar-refractivity contribution in [2.45, 2.75) is 27.2 Å². The van der Waals surface area contributed by atoms with Gasteiger partial charge in [-0.2, -0.15) is 4.98 Å². The Kier molecular flexibility index (Phi) is 4.68. The second-order valence-electron chi connectivity index (χ2n) is 5.27. The van der Waals surface area contributed by atoms with E-state index in [2.05, 4.69) is 36.1 Å². The van der Waals surface area contributed by atoms with Crippen LogP contribution in [0.3, 0.4) is 0 Å². The molecule has 0 saturated heterocycles. The summed E-state index contributed by atoms with van der Waals surface area (Å²) < 4.78 is 5.80. The smallest absolute Gasteiger partial charge is 0.225 e. The first kappa shape index (κ1) is 16.0. The second kappa shape index (κ2) is 6.72. The zero-order valence-electron chi connectivity index (χ0n) is 13.3. The topological polar surface area (TPSA) is 47.0 Å². The number of aryl methyl sites for hydroxylation is 2. The molecule has 3 rings (SSSR count). The fourth-order valence-corrected chi connectivity index (χ4v) is 3.60. The number of anilines is 2. The Balaban J connectivity index is 2.05. The van der Waals surface area contributed by atoms with Gasteiger partial charge in [0.15, 0.2) is 0 Å². The van der Waals surface area contributed by atoms with E-state index in [-0.39, 0.29) is 5.28 Å². The highest BCUT2D eigenvalue weighted by Gasteiger charge is 2.15. The van der Waals surface area contributed by atoms with E-state index in [1.54, 1.807) is 11.3 Å². The minimum atomic E-state index is 0.244. The number of nitrogens with zero attached hydrogens (tertiary/aromatic N) is 2. The van der Waals surface area contributed by atoms with Gasteiger partial charge in [0.2, 0.25) is 5.28 Å². The number of rotatable bonds is 5. The van der Waals surface area contributed by atoms with Crippen LogP contribution >= 0.6 is 22.9 Å². The third-order valence-corrected chi connectivity index (χ3v) is 4.87.